The summed E-state index contributed by atoms with van der Waals surface area (Å²) in [6.45, 7) is 13.6. The molecule has 1 rings (SSSR count). The fraction of sp³-hybridized carbons (Fsp3) is 0.714. The molecule has 4 heteroatoms. The largest absolute Gasteiger partial charge is 0.370 e. The zero-order valence-electron chi connectivity index (χ0n) is 12.5. The van der Waals surface area contributed by atoms with Gasteiger partial charge in [0.25, 0.3) is 0 Å². The summed E-state index contributed by atoms with van der Waals surface area (Å²) in [6.07, 6.45) is 1.08. The molecule has 0 aliphatic carbocycles. The van der Waals surface area contributed by atoms with E-state index in [0.717, 1.165) is 36.0 Å². The van der Waals surface area contributed by atoms with Crippen LogP contribution in [-0.2, 0) is 0 Å². The van der Waals surface area contributed by atoms with Gasteiger partial charge in [0.1, 0.15) is 17.5 Å². The normalized spacial score (nSPS) is 12.6. The monoisotopic (exact) mass is 250 g/mol. The molecule has 0 radical (unpaired) electrons. The van der Waals surface area contributed by atoms with Crippen molar-refractivity contribution in [3.05, 3.63) is 11.4 Å². The van der Waals surface area contributed by atoms with Crippen molar-refractivity contribution in [2.75, 3.05) is 17.2 Å². The molecule has 0 aromatic carbocycles. The first-order valence-corrected chi connectivity index (χ1v) is 6.88. The summed E-state index contributed by atoms with van der Waals surface area (Å²) in [5.74, 6) is 3.13. The van der Waals surface area contributed by atoms with Gasteiger partial charge in [-0.05, 0) is 27.2 Å². The molecule has 0 bridgehead atoms. The minimum atomic E-state index is 0.334. The molecule has 18 heavy (non-hydrogen) atoms. The highest BCUT2D eigenvalue weighted by Crippen LogP contribution is 2.23. The van der Waals surface area contributed by atoms with Crippen molar-refractivity contribution in [2.24, 2.45) is 0 Å². The molecule has 4 nitrogen and oxygen atoms in total. The Bertz CT molecular complexity index is 388. The second kappa shape index (κ2) is 6.57. The van der Waals surface area contributed by atoms with Crippen molar-refractivity contribution in [3.63, 3.8) is 0 Å². The molecule has 1 heterocycles. The standard InChI is InChI=1S/C14H26N4/c1-7-10(5)16-14-11(6)13(15-8-2)17-12(18-14)9(3)4/h9-10H,7-8H2,1-6H3,(H2,15,16,17,18). The number of nitrogens with one attached hydrogen (secondary N) is 2. The van der Waals surface area contributed by atoms with Gasteiger partial charge in [-0.3, -0.25) is 0 Å². The summed E-state index contributed by atoms with van der Waals surface area (Å²) >= 11 is 0. The van der Waals surface area contributed by atoms with Crippen molar-refractivity contribution in [2.45, 2.75) is 59.9 Å². The maximum absolute atomic E-state index is 4.64. The number of hydrogen-bond donors (Lipinski definition) is 2. The molecule has 0 aliphatic heterocycles. The van der Waals surface area contributed by atoms with E-state index in [0.29, 0.717) is 12.0 Å². The molecule has 0 aliphatic rings. The minimum absolute atomic E-state index is 0.334. The van der Waals surface area contributed by atoms with Crippen molar-refractivity contribution in [1.82, 2.24) is 9.97 Å². The Balaban J connectivity index is 3.13. The van der Waals surface area contributed by atoms with Gasteiger partial charge in [0.2, 0.25) is 0 Å². The maximum Gasteiger partial charge on any atom is 0.135 e. The third kappa shape index (κ3) is 3.59. The molecular formula is C14H26N4. The van der Waals surface area contributed by atoms with E-state index >= 15 is 0 Å². The third-order valence-electron chi connectivity index (χ3n) is 3.02. The number of aromatic nitrogens is 2. The molecule has 0 spiro atoms. The van der Waals surface area contributed by atoms with Crippen LogP contribution in [0, 0.1) is 6.92 Å². The van der Waals surface area contributed by atoms with E-state index in [1.54, 1.807) is 0 Å². The number of nitrogens with zero attached hydrogens (tertiary/aromatic N) is 2. The van der Waals surface area contributed by atoms with E-state index in [1.807, 2.05) is 0 Å². The van der Waals surface area contributed by atoms with E-state index in [-0.39, 0.29) is 0 Å². The zero-order chi connectivity index (χ0) is 13.7. The predicted octanol–water partition coefficient (Wildman–Crippen LogP) is 3.55. The Morgan fingerprint density at radius 2 is 1.67 bits per heavy atom. The van der Waals surface area contributed by atoms with Crippen LogP contribution in [0.25, 0.3) is 0 Å². The number of hydrogen-bond acceptors (Lipinski definition) is 4. The lowest BCUT2D eigenvalue weighted by molar-refractivity contribution is 0.738. The van der Waals surface area contributed by atoms with Crippen LogP contribution in [0.4, 0.5) is 11.6 Å². The minimum Gasteiger partial charge on any atom is -0.370 e. The first-order valence-electron chi connectivity index (χ1n) is 6.88. The lowest BCUT2D eigenvalue weighted by Gasteiger charge is -2.18. The molecule has 0 fully saturated rings. The molecular weight excluding hydrogens is 224 g/mol. The zero-order valence-corrected chi connectivity index (χ0v) is 12.5. The molecule has 1 aromatic heterocycles. The van der Waals surface area contributed by atoms with Gasteiger partial charge in [-0.25, -0.2) is 9.97 Å². The van der Waals surface area contributed by atoms with Crippen LogP contribution in [0.15, 0.2) is 0 Å². The molecule has 0 saturated carbocycles. The molecule has 1 unspecified atom stereocenters. The van der Waals surface area contributed by atoms with Gasteiger partial charge < -0.3 is 10.6 Å². The van der Waals surface area contributed by atoms with Crippen molar-refractivity contribution in [1.29, 1.82) is 0 Å². The average Bonchev–Trinajstić information content (AvgIpc) is 2.33. The Hall–Kier alpha value is -1.32. The van der Waals surface area contributed by atoms with Gasteiger partial charge in [0.15, 0.2) is 0 Å². The van der Waals surface area contributed by atoms with Gasteiger partial charge in [-0.2, -0.15) is 0 Å². The molecule has 102 valence electrons. The summed E-state index contributed by atoms with van der Waals surface area (Å²) in [5.41, 5.74) is 1.10. The van der Waals surface area contributed by atoms with Gasteiger partial charge >= 0.3 is 0 Å². The SMILES string of the molecule is CCNc1nc(C(C)C)nc(NC(C)CC)c1C. The smallest absolute Gasteiger partial charge is 0.135 e. The quantitative estimate of drug-likeness (QED) is 0.810. The number of anilines is 2. The van der Waals surface area contributed by atoms with Crippen molar-refractivity contribution in [3.8, 4) is 0 Å². The first-order chi connectivity index (χ1) is 8.49. The predicted molar refractivity (Wildman–Crippen MR) is 78.4 cm³/mol. The number of rotatable bonds is 6. The van der Waals surface area contributed by atoms with Crippen LogP contribution in [0.3, 0.4) is 0 Å². The molecule has 0 saturated heterocycles. The second-order valence-electron chi connectivity index (χ2n) is 5.04. The second-order valence-corrected chi connectivity index (χ2v) is 5.04. The Labute approximate surface area is 111 Å². The van der Waals surface area contributed by atoms with E-state index < -0.39 is 0 Å². The van der Waals surface area contributed by atoms with E-state index in [2.05, 4.69) is 62.1 Å². The summed E-state index contributed by atoms with van der Waals surface area (Å²) in [6, 6.07) is 0.424. The highest BCUT2D eigenvalue weighted by molar-refractivity contribution is 5.57. The third-order valence-corrected chi connectivity index (χ3v) is 3.02. The maximum atomic E-state index is 4.64. The van der Waals surface area contributed by atoms with Crippen LogP contribution in [0.2, 0.25) is 0 Å². The lowest BCUT2D eigenvalue weighted by atomic mass is 10.2. The summed E-state index contributed by atoms with van der Waals surface area (Å²) in [4.78, 5) is 9.23. The Morgan fingerprint density at radius 3 is 2.17 bits per heavy atom. The highest BCUT2D eigenvalue weighted by atomic mass is 15.1. The fourth-order valence-electron chi connectivity index (χ4n) is 1.61. The average molecular weight is 250 g/mol. The van der Waals surface area contributed by atoms with E-state index in [1.165, 1.54) is 0 Å². The van der Waals surface area contributed by atoms with Gasteiger partial charge in [-0.1, -0.05) is 20.8 Å². The van der Waals surface area contributed by atoms with Crippen LogP contribution in [0.5, 0.6) is 0 Å². The first kappa shape index (κ1) is 14.7. The summed E-state index contributed by atoms with van der Waals surface area (Å²) in [7, 11) is 0. The molecule has 2 N–H and O–H groups in total. The van der Waals surface area contributed by atoms with Gasteiger partial charge in [0.05, 0.1) is 0 Å². The highest BCUT2D eigenvalue weighted by Gasteiger charge is 2.13. The topological polar surface area (TPSA) is 49.8 Å². The molecule has 1 atom stereocenters. The van der Waals surface area contributed by atoms with Crippen LogP contribution in [0.1, 0.15) is 58.3 Å². The van der Waals surface area contributed by atoms with Gasteiger partial charge in [-0.15, -0.1) is 0 Å². The summed E-state index contributed by atoms with van der Waals surface area (Å²) < 4.78 is 0. The van der Waals surface area contributed by atoms with Crippen LogP contribution in [-0.4, -0.2) is 22.6 Å². The van der Waals surface area contributed by atoms with Crippen molar-refractivity contribution < 1.29 is 0 Å². The lowest BCUT2D eigenvalue weighted by Crippen LogP contribution is -2.18. The molecule has 0 amide bonds. The fourth-order valence-corrected chi connectivity index (χ4v) is 1.61. The van der Waals surface area contributed by atoms with Crippen LogP contribution < -0.4 is 10.6 Å². The Kier molecular flexibility index (Phi) is 5.38. The van der Waals surface area contributed by atoms with Gasteiger partial charge in [0, 0.05) is 24.1 Å². The van der Waals surface area contributed by atoms with E-state index in [9.17, 15) is 0 Å². The Morgan fingerprint density at radius 1 is 1.06 bits per heavy atom. The van der Waals surface area contributed by atoms with E-state index in [4.69, 9.17) is 0 Å². The van der Waals surface area contributed by atoms with Crippen LogP contribution >= 0.6 is 0 Å². The van der Waals surface area contributed by atoms with Crippen molar-refractivity contribution >= 4 is 11.6 Å². The molecule has 1 aromatic rings. The summed E-state index contributed by atoms with van der Waals surface area (Å²) in [5, 5.41) is 6.77.